The van der Waals surface area contributed by atoms with Gasteiger partial charge in [0.05, 0.1) is 5.69 Å². The van der Waals surface area contributed by atoms with E-state index in [1.165, 1.54) is 93.2 Å². The minimum atomic E-state index is 1.08. The van der Waals surface area contributed by atoms with E-state index in [2.05, 4.69) is 266 Å². The number of anilines is 3. The lowest BCUT2D eigenvalue weighted by molar-refractivity contribution is 1.28. The zero-order valence-electron chi connectivity index (χ0n) is 35.8. The quantitative estimate of drug-likeness (QED) is 0.148. The molecule has 0 spiro atoms. The Morgan fingerprint density at radius 3 is 0.954 bits per heavy atom. The third-order valence-corrected chi connectivity index (χ3v) is 13.1. The maximum absolute atomic E-state index is 2.45. The molecule has 0 N–H and O–H groups in total. The lowest BCUT2D eigenvalue weighted by Gasteiger charge is -2.29. The van der Waals surface area contributed by atoms with Crippen molar-refractivity contribution in [1.29, 1.82) is 0 Å². The summed E-state index contributed by atoms with van der Waals surface area (Å²) in [7, 11) is 0. The Kier molecular flexibility index (Phi) is 9.58. The zero-order valence-corrected chi connectivity index (χ0v) is 35.8. The highest BCUT2D eigenvalue weighted by Crippen LogP contribution is 2.46. The third kappa shape index (κ3) is 7.01. The molecule has 0 unspecified atom stereocenters. The van der Waals surface area contributed by atoms with E-state index in [1.807, 2.05) is 0 Å². The number of hydrogen-bond acceptors (Lipinski definition) is 1. The van der Waals surface area contributed by atoms with Gasteiger partial charge in [0.2, 0.25) is 0 Å². The standard InChI is InChI=1S/C64H43N/c1-5-21-55-46(13-1)17-9-25-58(55)50-31-29-44(30-32-50)45-33-38-53(39-34-45)65(54-40-35-51(36-41-54)59-26-10-18-47-14-2-6-22-56(47)59)64-43-52(61-27-11-19-48-15-3-7-23-57(48)61)37-42-63(64)62-28-12-20-49-16-4-8-24-60(49)62/h1-43H. The van der Waals surface area contributed by atoms with Crippen LogP contribution < -0.4 is 4.90 Å². The van der Waals surface area contributed by atoms with Gasteiger partial charge in [0.1, 0.15) is 0 Å². The van der Waals surface area contributed by atoms with Gasteiger partial charge < -0.3 is 4.90 Å². The highest BCUT2D eigenvalue weighted by molar-refractivity contribution is 6.05. The summed E-state index contributed by atoms with van der Waals surface area (Å²) in [6.45, 7) is 0. The molecule has 0 heterocycles. The number of nitrogens with zero attached hydrogens (tertiary/aromatic N) is 1. The summed E-state index contributed by atoms with van der Waals surface area (Å²) in [5, 5.41) is 9.92. The van der Waals surface area contributed by atoms with Gasteiger partial charge in [-0.25, -0.2) is 0 Å². The molecule has 1 nitrogen and oxygen atoms in total. The van der Waals surface area contributed by atoms with Crippen LogP contribution in [0.2, 0.25) is 0 Å². The van der Waals surface area contributed by atoms with Crippen LogP contribution in [0.25, 0.3) is 98.7 Å². The molecule has 0 fully saturated rings. The van der Waals surface area contributed by atoms with Crippen LogP contribution >= 0.6 is 0 Å². The van der Waals surface area contributed by atoms with Gasteiger partial charge in [-0.2, -0.15) is 0 Å². The largest absolute Gasteiger partial charge is 0.310 e. The molecule has 0 amide bonds. The maximum Gasteiger partial charge on any atom is 0.0546 e. The first-order valence-corrected chi connectivity index (χ1v) is 22.4. The SMILES string of the molecule is c1ccc2c(-c3ccc(-c4ccc(N(c5ccc(-c6cccc7ccccc67)cc5)c5cc(-c6cccc7ccccc67)ccc5-c5cccc6ccccc56)cc4)cc3)cccc2c1. The molecule has 0 saturated carbocycles. The Hall–Kier alpha value is -8.52. The molecule has 1 heteroatoms. The molecule has 0 bridgehead atoms. The van der Waals surface area contributed by atoms with Gasteiger partial charge in [0.25, 0.3) is 0 Å². The minimum Gasteiger partial charge on any atom is -0.310 e. The van der Waals surface area contributed by atoms with Gasteiger partial charge >= 0.3 is 0 Å². The van der Waals surface area contributed by atoms with Crippen molar-refractivity contribution in [2.45, 2.75) is 0 Å². The smallest absolute Gasteiger partial charge is 0.0546 e. The van der Waals surface area contributed by atoms with Crippen LogP contribution in [0.4, 0.5) is 17.1 Å². The Labute approximate surface area is 379 Å². The molecule has 12 aromatic rings. The molecule has 0 aliphatic carbocycles. The predicted molar refractivity (Wildman–Crippen MR) is 278 cm³/mol. The maximum atomic E-state index is 2.45. The first-order chi connectivity index (χ1) is 32.2. The van der Waals surface area contributed by atoms with Crippen molar-refractivity contribution in [3.8, 4) is 55.6 Å². The van der Waals surface area contributed by atoms with E-state index in [9.17, 15) is 0 Å². The van der Waals surface area contributed by atoms with Gasteiger partial charge in [-0.15, -0.1) is 0 Å². The minimum absolute atomic E-state index is 1.08. The zero-order chi connectivity index (χ0) is 43.1. The van der Waals surface area contributed by atoms with Crippen LogP contribution in [-0.4, -0.2) is 0 Å². The van der Waals surface area contributed by atoms with Crippen molar-refractivity contribution in [2.24, 2.45) is 0 Å². The van der Waals surface area contributed by atoms with Gasteiger partial charge in [-0.3, -0.25) is 0 Å². The average Bonchev–Trinajstić information content (AvgIpc) is 3.38. The molecule has 0 aliphatic rings. The van der Waals surface area contributed by atoms with Crippen LogP contribution in [0.5, 0.6) is 0 Å². The molecule has 12 aromatic carbocycles. The number of fused-ring (bicyclic) bond motifs is 4. The Morgan fingerprint density at radius 2 is 0.508 bits per heavy atom. The van der Waals surface area contributed by atoms with E-state index in [-0.39, 0.29) is 0 Å². The summed E-state index contributed by atoms with van der Waals surface area (Å²) in [4.78, 5) is 2.45. The van der Waals surface area contributed by atoms with E-state index in [1.54, 1.807) is 0 Å². The van der Waals surface area contributed by atoms with E-state index in [0.29, 0.717) is 0 Å². The molecular weight excluding hydrogens is 783 g/mol. The summed E-state index contributed by atoms with van der Waals surface area (Å²) >= 11 is 0. The molecule has 0 radical (unpaired) electrons. The van der Waals surface area contributed by atoms with Crippen molar-refractivity contribution < 1.29 is 0 Å². The van der Waals surface area contributed by atoms with Gasteiger partial charge in [-0.1, -0.05) is 231 Å². The summed E-state index contributed by atoms with van der Waals surface area (Å²) in [5.74, 6) is 0. The second-order valence-corrected chi connectivity index (χ2v) is 16.8. The second kappa shape index (κ2) is 16.3. The van der Waals surface area contributed by atoms with Gasteiger partial charge in [0.15, 0.2) is 0 Å². The molecule has 0 aliphatic heterocycles. The molecule has 65 heavy (non-hydrogen) atoms. The Morgan fingerprint density at radius 1 is 0.200 bits per heavy atom. The lowest BCUT2D eigenvalue weighted by Crippen LogP contribution is -2.11. The first kappa shape index (κ1) is 38.2. The average molecular weight is 826 g/mol. The number of benzene rings is 12. The van der Waals surface area contributed by atoms with Crippen molar-refractivity contribution in [2.75, 3.05) is 4.90 Å². The fraction of sp³-hybridized carbons (Fsp3) is 0. The molecule has 304 valence electrons. The molecule has 0 aromatic heterocycles. The van der Waals surface area contributed by atoms with E-state index in [4.69, 9.17) is 0 Å². The van der Waals surface area contributed by atoms with Gasteiger partial charge in [-0.05, 0) is 123 Å². The summed E-state index contributed by atoms with van der Waals surface area (Å²) < 4.78 is 0. The Bertz CT molecular complexity index is 3670. The van der Waals surface area contributed by atoms with E-state index < -0.39 is 0 Å². The monoisotopic (exact) mass is 825 g/mol. The first-order valence-electron chi connectivity index (χ1n) is 22.4. The van der Waals surface area contributed by atoms with Crippen LogP contribution in [0.3, 0.4) is 0 Å². The normalized spacial score (nSPS) is 11.4. The van der Waals surface area contributed by atoms with E-state index >= 15 is 0 Å². The summed E-state index contributed by atoms with van der Waals surface area (Å²) in [6.07, 6.45) is 0. The highest BCUT2D eigenvalue weighted by Gasteiger charge is 2.21. The fourth-order valence-electron chi connectivity index (χ4n) is 9.87. The predicted octanol–water partition coefficient (Wildman–Crippen LogP) is 18.1. The van der Waals surface area contributed by atoms with E-state index in [0.717, 1.165) is 22.6 Å². The molecule has 12 rings (SSSR count). The van der Waals surface area contributed by atoms with Gasteiger partial charge in [0, 0.05) is 16.9 Å². The van der Waals surface area contributed by atoms with Crippen molar-refractivity contribution >= 4 is 60.2 Å². The molecule has 0 saturated heterocycles. The third-order valence-electron chi connectivity index (χ3n) is 13.1. The molecular formula is C64H43N. The number of rotatable bonds is 8. The topological polar surface area (TPSA) is 3.24 Å². The molecule has 0 atom stereocenters. The van der Waals surface area contributed by atoms with Crippen molar-refractivity contribution in [3.63, 3.8) is 0 Å². The lowest BCUT2D eigenvalue weighted by atomic mass is 9.92. The summed E-state index contributed by atoms with van der Waals surface area (Å²) in [5.41, 5.74) is 15.2. The van der Waals surface area contributed by atoms with Crippen LogP contribution in [0.1, 0.15) is 0 Å². The van der Waals surface area contributed by atoms with Crippen LogP contribution in [0, 0.1) is 0 Å². The van der Waals surface area contributed by atoms with Crippen LogP contribution in [-0.2, 0) is 0 Å². The summed E-state index contributed by atoms with van der Waals surface area (Å²) in [6, 6.07) is 95.4. The highest BCUT2D eigenvalue weighted by atomic mass is 15.1. The van der Waals surface area contributed by atoms with Crippen LogP contribution in [0.15, 0.2) is 261 Å². The Balaban J connectivity index is 1.02. The fourth-order valence-corrected chi connectivity index (χ4v) is 9.87. The number of hydrogen-bond donors (Lipinski definition) is 0. The second-order valence-electron chi connectivity index (χ2n) is 16.8. The van der Waals surface area contributed by atoms with Crippen molar-refractivity contribution in [3.05, 3.63) is 261 Å². The van der Waals surface area contributed by atoms with Crippen molar-refractivity contribution in [1.82, 2.24) is 0 Å².